The van der Waals surface area contributed by atoms with Gasteiger partial charge in [-0.25, -0.2) is 0 Å². The van der Waals surface area contributed by atoms with E-state index in [-0.39, 0.29) is 11.2 Å². The van der Waals surface area contributed by atoms with Crippen LogP contribution in [0.4, 0.5) is 0 Å². The first-order valence-corrected chi connectivity index (χ1v) is 17.6. The van der Waals surface area contributed by atoms with Crippen molar-refractivity contribution in [3.8, 4) is 5.75 Å². The van der Waals surface area contributed by atoms with E-state index >= 15 is 0 Å². The Kier molecular flexibility index (Phi) is 9.50. The van der Waals surface area contributed by atoms with Crippen LogP contribution in [0, 0.1) is 46.3 Å². The van der Waals surface area contributed by atoms with Gasteiger partial charge in [-0.05, 0) is 116 Å². The number of thioether (sulfide) groups is 1. The number of benzene rings is 1. The number of carbonyl (C=O) groups excluding carboxylic acids is 1. The second-order valence-corrected chi connectivity index (χ2v) is 16.2. The number of para-hydroxylation sites is 1. The highest BCUT2D eigenvalue weighted by Crippen LogP contribution is 2.67. The fourth-order valence-corrected chi connectivity index (χ4v) is 11.1. The first kappa shape index (κ1) is 30.2. The summed E-state index contributed by atoms with van der Waals surface area (Å²) in [6.07, 6.45) is 17.8. The Morgan fingerprint density at radius 1 is 1.00 bits per heavy atom. The largest absolute Gasteiger partial charge is 0.482 e. The van der Waals surface area contributed by atoms with Crippen LogP contribution in [0.1, 0.15) is 119 Å². The van der Waals surface area contributed by atoms with Gasteiger partial charge in [-0.3, -0.25) is 4.79 Å². The van der Waals surface area contributed by atoms with Crippen LogP contribution < -0.4 is 4.74 Å². The molecule has 0 amide bonds. The molecule has 40 heavy (non-hydrogen) atoms. The number of ether oxygens (including phenoxy) is 1. The van der Waals surface area contributed by atoms with Crippen LogP contribution in [0.25, 0.3) is 0 Å². The molecule has 3 saturated carbocycles. The van der Waals surface area contributed by atoms with Gasteiger partial charge in [-0.2, -0.15) is 0 Å². The molecule has 1 aromatic rings. The van der Waals surface area contributed by atoms with E-state index < -0.39 is 0 Å². The summed E-state index contributed by atoms with van der Waals surface area (Å²) in [5.41, 5.74) is 2.58. The lowest BCUT2D eigenvalue weighted by Crippen LogP contribution is -2.50. The minimum atomic E-state index is -0.357. The zero-order chi connectivity index (χ0) is 28.5. The number of hydrogen-bond donors (Lipinski definition) is 0. The molecule has 222 valence electrons. The molecule has 0 aliphatic heterocycles. The molecule has 9 atom stereocenters. The predicted octanol–water partition coefficient (Wildman–Crippen LogP) is 10.5. The van der Waals surface area contributed by atoms with E-state index in [4.69, 9.17) is 4.74 Å². The van der Waals surface area contributed by atoms with Crippen LogP contribution in [-0.2, 0) is 4.79 Å². The predicted molar refractivity (Wildman–Crippen MR) is 171 cm³/mol. The molecule has 0 spiro atoms. The van der Waals surface area contributed by atoms with Crippen molar-refractivity contribution in [2.45, 2.75) is 130 Å². The molecular formula is C37H56O2S. The lowest BCUT2D eigenvalue weighted by Gasteiger charge is -2.58. The molecule has 3 heteroatoms. The Labute approximate surface area is 249 Å². The Morgan fingerprint density at radius 3 is 2.50 bits per heavy atom. The monoisotopic (exact) mass is 564 g/mol. The number of fused-ring (bicyclic) bond motifs is 5. The molecule has 3 fully saturated rings. The minimum absolute atomic E-state index is 0.210. The highest BCUT2D eigenvalue weighted by atomic mass is 32.2. The van der Waals surface area contributed by atoms with Crippen LogP contribution in [0.5, 0.6) is 5.75 Å². The Morgan fingerprint density at radius 2 is 1.77 bits per heavy atom. The van der Waals surface area contributed by atoms with Gasteiger partial charge in [0.05, 0.1) is 0 Å². The van der Waals surface area contributed by atoms with Gasteiger partial charge in [0.2, 0.25) is 5.12 Å². The second-order valence-electron chi connectivity index (χ2n) is 14.9. The summed E-state index contributed by atoms with van der Waals surface area (Å²) >= 11 is 1.58. The Bertz CT molecular complexity index is 1030. The van der Waals surface area contributed by atoms with Gasteiger partial charge in [0.1, 0.15) is 5.75 Å². The molecule has 0 radical (unpaired) electrons. The van der Waals surface area contributed by atoms with Gasteiger partial charge in [0, 0.05) is 5.25 Å². The third-order valence-electron chi connectivity index (χ3n) is 12.2. The van der Waals surface area contributed by atoms with Crippen molar-refractivity contribution < 1.29 is 9.53 Å². The molecule has 0 aromatic heterocycles. The number of hydrogen-bond acceptors (Lipinski definition) is 3. The summed E-state index contributed by atoms with van der Waals surface area (Å²) in [4.78, 5) is 13.3. The fraction of sp³-hybridized carbons (Fsp3) is 0.757. The number of rotatable bonds is 10. The van der Waals surface area contributed by atoms with Crippen LogP contribution in [0.3, 0.4) is 0 Å². The Balaban J connectivity index is 1.22. The molecule has 2 nitrogen and oxygen atoms in total. The SMILES string of the molecule is CC[C@H](Oc1ccccc1)C(=O)S[C@@H]1CC[C@@]2(C)C(=CC[C@H]3[C@@H]4CC[C@H]([C@@H](C)CCCC(C)C)[C@@]4(C)CC[C@@H]32)C1. The zero-order valence-electron chi connectivity index (χ0n) is 26.3. The van der Waals surface area contributed by atoms with E-state index in [2.05, 4.69) is 47.6 Å². The highest BCUT2D eigenvalue weighted by molar-refractivity contribution is 8.14. The molecule has 0 bridgehead atoms. The van der Waals surface area contributed by atoms with Gasteiger partial charge in [0.15, 0.2) is 6.10 Å². The van der Waals surface area contributed by atoms with Crippen molar-refractivity contribution in [1.82, 2.24) is 0 Å². The maximum absolute atomic E-state index is 13.3. The first-order valence-electron chi connectivity index (χ1n) is 16.8. The lowest BCUT2D eigenvalue weighted by molar-refractivity contribution is -0.117. The van der Waals surface area contributed by atoms with Crippen LogP contribution in [0.2, 0.25) is 0 Å². The van der Waals surface area contributed by atoms with Crippen molar-refractivity contribution in [2.75, 3.05) is 0 Å². The second kappa shape index (κ2) is 12.6. The average molecular weight is 565 g/mol. The lowest BCUT2D eigenvalue weighted by atomic mass is 9.47. The normalized spacial score (nSPS) is 36.7. The Hall–Kier alpha value is -1.22. The van der Waals surface area contributed by atoms with Crippen LogP contribution >= 0.6 is 11.8 Å². The summed E-state index contributed by atoms with van der Waals surface area (Å²) in [5.74, 6) is 6.05. The van der Waals surface area contributed by atoms with E-state index in [0.717, 1.165) is 60.5 Å². The van der Waals surface area contributed by atoms with Crippen molar-refractivity contribution in [3.05, 3.63) is 42.0 Å². The molecule has 0 heterocycles. The van der Waals surface area contributed by atoms with Gasteiger partial charge < -0.3 is 4.74 Å². The van der Waals surface area contributed by atoms with Gasteiger partial charge >= 0.3 is 0 Å². The van der Waals surface area contributed by atoms with Crippen LogP contribution in [0.15, 0.2) is 42.0 Å². The molecule has 4 aliphatic rings. The molecule has 0 N–H and O–H groups in total. The maximum atomic E-state index is 13.3. The van der Waals surface area contributed by atoms with Gasteiger partial charge in [0.25, 0.3) is 0 Å². The summed E-state index contributed by atoms with van der Waals surface area (Å²) in [7, 11) is 0. The van der Waals surface area contributed by atoms with Crippen molar-refractivity contribution in [1.29, 1.82) is 0 Å². The fourth-order valence-electron chi connectivity index (χ4n) is 9.95. The number of allylic oxidation sites excluding steroid dienone is 2. The van der Waals surface area contributed by atoms with Crippen LogP contribution in [-0.4, -0.2) is 16.5 Å². The summed E-state index contributed by atoms with van der Waals surface area (Å²) < 4.78 is 6.09. The van der Waals surface area contributed by atoms with Crippen molar-refractivity contribution >= 4 is 16.9 Å². The van der Waals surface area contributed by atoms with Crippen molar-refractivity contribution in [2.24, 2.45) is 46.3 Å². The van der Waals surface area contributed by atoms with Gasteiger partial charge in [-0.1, -0.05) is 102 Å². The molecule has 1 aromatic carbocycles. The van der Waals surface area contributed by atoms with E-state index in [1.54, 1.807) is 17.3 Å². The van der Waals surface area contributed by atoms with E-state index in [0.29, 0.717) is 16.1 Å². The van der Waals surface area contributed by atoms with Crippen molar-refractivity contribution in [3.63, 3.8) is 0 Å². The molecular weight excluding hydrogens is 508 g/mol. The van der Waals surface area contributed by atoms with E-state index in [1.165, 1.54) is 57.8 Å². The minimum Gasteiger partial charge on any atom is -0.482 e. The third kappa shape index (κ3) is 5.97. The summed E-state index contributed by atoms with van der Waals surface area (Å²) in [5, 5.41) is 0.607. The van der Waals surface area contributed by atoms with E-state index in [1.807, 2.05) is 30.3 Å². The topological polar surface area (TPSA) is 26.3 Å². The highest BCUT2D eigenvalue weighted by Gasteiger charge is 2.59. The number of carbonyl (C=O) groups is 1. The third-order valence-corrected chi connectivity index (χ3v) is 13.4. The average Bonchev–Trinajstić information content (AvgIpc) is 3.29. The zero-order valence-corrected chi connectivity index (χ0v) is 27.1. The van der Waals surface area contributed by atoms with E-state index in [9.17, 15) is 4.79 Å². The first-order chi connectivity index (χ1) is 19.2. The molecule has 5 rings (SSSR count). The molecule has 0 unspecified atom stereocenters. The standard InChI is InChI=1S/C37H56O2S/c1-7-34(39-28-14-9-8-10-15-28)35(38)40-29-20-22-36(5)27(24-29)16-17-30-32-19-18-31(26(4)13-11-12-25(2)3)37(32,6)23-21-33(30)36/h8-10,14-16,25-26,29-34H,7,11-13,17-24H2,1-6H3/t26-,29+,30-,31+,32-,33-,34-,36-,37+/m0/s1. The maximum Gasteiger partial charge on any atom is 0.229 e. The summed E-state index contributed by atoms with van der Waals surface area (Å²) in [6, 6.07) is 9.83. The summed E-state index contributed by atoms with van der Waals surface area (Å²) in [6.45, 7) is 14.7. The molecule has 4 aliphatic carbocycles. The van der Waals surface area contributed by atoms with Gasteiger partial charge in [-0.15, -0.1) is 0 Å². The molecule has 0 saturated heterocycles. The quantitative estimate of drug-likeness (QED) is 0.264. The smallest absolute Gasteiger partial charge is 0.229 e.